The molecule has 0 bridgehead atoms. The van der Waals surface area contributed by atoms with Crippen molar-refractivity contribution in [1.82, 2.24) is 19.7 Å². The van der Waals surface area contributed by atoms with Gasteiger partial charge in [-0.05, 0) is 61.9 Å². The molecule has 27 heavy (non-hydrogen) atoms. The summed E-state index contributed by atoms with van der Waals surface area (Å²) in [6, 6.07) is 10.2. The first-order valence-corrected chi connectivity index (χ1v) is 10.3. The molecule has 0 N–H and O–H groups in total. The van der Waals surface area contributed by atoms with Gasteiger partial charge in [0.1, 0.15) is 12.7 Å². The van der Waals surface area contributed by atoms with E-state index in [9.17, 15) is 4.79 Å². The summed E-state index contributed by atoms with van der Waals surface area (Å²) < 4.78 is 1.72. The van der Waals surface area contributed by atoms with Crippen molar-refractivity contribution in [3.05, 3.63) is 63.9 Å². The maximum absolute atomic E-state index is 13.0. The lowest BCUT2D eigenvalue weighted by molar-refractivity contribution is 0.0747. The van der Waals surface area contributed by atoms with E-state index in [0.717, 1.165) is 29.0 Å². The van der Waals surface area contributed by atoms with Crippen LogP contribution in [0.1, 0.15) is 57.9 Å². The van der Waals surface area contributed by atoms with Crippen LogP contribution in [0, 0.1) is 0 Å². The Hall–Kier alpha value is -2.47. The number of amides is 1. The fraction of sp³-hybridized carbons (Fsp3) is 0.381. The Labute approximate surface area is 163 Å². The van der Waals surface area contributed by atoms with Crippen LogP contribution >= 0.6 is 11.3 Å². The molecule has 2 heterocycles. The number of hydrogen-bond donors (Lipinski definition) is 0. The molecule has 1 amide bonds. The summed E-state index contributed by atoms with van der Waals surface area (Å²) in [6.07, 6.45) is 9.21. The summed E-state index contributed by atoms with van der Waals surface area (Å²) in [4.78, 5) is 21.1. The van der Waals surface area contributed by atoms with Crippen molar-refractivity contribution in [2.24, 2.45) is 0 Å². The molecule has 0 fully saturated rings. The topological polar surface area (TPSA) is 51.0 Å². The van der Waals surface area contributed by atoms with Gasteiger partial charge in [-0.2, -0.15) is 5.10 Å². The Morgan fingerprint density at radius 2 is 1.96 bits per heavy atom. The van der Waals surface area contributed by atoms with E-state index in [4.69, 9.17) is 0 Å². The molecule has 0 spiro atoms. The molecule has 0 radical (unpaired) electrons. The van der Waals surface area contributed by atoms with Crippen molar-refractivity contribution in [3.8, 4) is 5.69 Å². The van der Waals surface area contributed by atoms with Gasteiger partial charge < -0.3 is 4.90 Å². The van der Waals surface area contributed by atoms with Crippen molar-refractivity contribution in [2.45, 2.75) is 45.1 Å². The summed E-state index contributed by atoms with van der Waals surface area (Å²) in [6.45, 7) is 2.07. The van der Waals surface area contributed by atoms with Gasteiger partial charge in [0.2, 0.25) is 0 Å². The number of aromatic nitrogens is 3. The highest BCUT2D eigenvalue weighted by molar-refractivity contribution is 7.14. The summed E-state index contributed by atoms with van der Waals surface area (Å²) in [5.74, 6) is 0.112. The average molecular weight is 381 g/mol. The van der Waals surface area contributed by atoms with Gasteiger partial charge in [-0.3, -0.25) is 4.79 Å². The number of carbonyl (C=O) groups is 1. The fourth-order valence-corrected chi connectivity index (χ4v) is 4.83. The van der Waals surface area contributed by atoms with E-state index in [2.05, 4.69) is 35.2 Å². The maximum atomic E-state index is 13.0. The smallest absolute Gasteiger partial charge is 0.264 e. The molecule has 3 aromatic rings. The zero-order chi connectivity index (χ0) is 18.8. The van der Waals surface area contributed by atoms with Crippen LogP contribution in [0.4, 0.5) is 0 Å². The lowest BCUT2D eigenvalue weighted by atomic mass is 10.1. The third-order valence-electron chi connectivity index (χ3n) is 5.42. The second kappa shape index (κ2) is 7.64. The molecule has 5 nitrogen and oxygen atoms in total. The molecular formula is C21H24N4OS. The minimum atomic E-state index is 0.00389. The van der Waals surface area contributed by atoms with Gasteiger partial charge in [0, 0.05) is 11.9 Å². The van der Waals surface area contributed by atoms with Gasteiger partial charge >= 0.3 is 0 Å². The van der Waals surface area contributed by atoms with Crippen LogP contribution in [0.5, 0.6) is 0 Å². The maximum Gasteiger partial charge on any atom is 0.264 e. The van der Waals surface area contributed by atoms with Crippen molar-refractivity contribution < 1.29 is 4.79 Å². The summed E-state index contributed by atoms with van der Waals surface area (Å²) >= 11 is 1.69. The minimum Gasteiger partial charge on any atom is -0.334 e. The van der Waals surface area contributed by atoms with Crippen LogP contribution in [0.2, 0.25) is 0 Å². The third kappa shape index (κ3) is 3.67. The molecule has 140 valence electrons. The molecule has 0 saturated carbocycles. The molecule has 2 aromatic heterocycles. The zero-order valence-corrected chi connectivity index (χ0v) is 16.6. The quantitative estimate of drug-likeness (QED) is 0.629. The number of benzene rings is 1. The SMILES string of the molecule is C[C@H](c1ccc(-n2cncn2)cc1)N(C)C(=O)c1cc2c(s1)CCCCC2. The average Bonchev–Trinajstić information content (AvgIpc) is 3.33. The Kier molecular flexibility index (Phi) is 5.07. The van der Waals surface area contributed by atoms with Crippen LogP contribution < -0.4 is 0 Å². The summed E-state index contributed by atoms with van der Waals surface area (Å²) in [5.41, 5.74) is 3.45. The Morgan fingerprint density at radius 1 is 1.19 bits per heavy atom. The Bertz CT molecular complexity index is 891. The number of nitrogens with zero attached hydrogens (tertiary/aromatic N) is 4. The van der Waals surface area contributed by atoms with Crippen LogP contribution in [0.15, 0.2) is 43.0 Å². The molecule has 1 aliphatic carbocycles. The van der Waals surface area contributed by atoms with Crippen LogP contribution in [0.3, 0.4) is 0 Å². The summed E-state index contributed by atoms with van der Waals surface area (Å²) in [5, 5.41) is 4.14. The van der Waals surface area contributed by atoms with E-state index in [1.807, 2.05) is 24.1 Å². The first kappa shape index (κ1) is 17.9. The van der Waals surface area contributed by atoms with E-state index in [0.29, 0.717) is 0 Å². The second-order valence-electron chi connectivity index (χ2n) is 7.14. The number of fused-ring (bicyclic) bond motifs is 1. The van der Waals surface area contributed by atoms with Gasteiger partial charge in [0.05, 0.1) is 16.6 Å². The van der Waals surface area contributed by atoms with E-state index in [1.54, 1.807) is 22.3 Å². The molecule has 0 saturated heterocycles. The number of carbonyl (C=O) groups excluding carboxylic acids is 1. The van der Waals surface area contributed by atoms with Gasteiger partial charge in [0.15, 0.2) is 0 Å². The van der Waals surface area contributed by atoms with Gasteiger partial charge in [0.25, 0.3) is 5.91 Å². The van der Waals surface area contributed by atoms with Gasteiger partial charge in [-0.1, -0.05) is 18.6 Å². The van der Waals surface area contributed by atoms with E-state index >= 15 is 0 Å². The van der Waals surface area contributed by atoms with Gasteiger partial charge in [-0.25, -0.2) is 9.67 Å². The fourth-order valence-electron chi connectivity index (χ4n) is 3.59. The molecule has 1 atom stereocenters. The molecule has 6 heteroatoms. The Morgan fingerprint density at radius 3 is 2.70 bits per heavy atom. The minimum absolute atomic E-state index is 0.00389. The van der Waals surface area contributed by atoms with Gasteiger partial charge in [-0.15, -0.1) is 11.3 Å². The van der Waals surface area contributed by atoms with E-state index in [-0.39, 0.29) is 11.9 Å². The van der Waals surface area contributed by atoms with Crippen molar-refractivity contribution in [1.29, 1.82) is 0 Å². The number of hydrogen-bond acceptors (Lipinski definition) is 4. The van der Waals surface area contributed by atoms with Crippen molar-refractivity contribution in [3.63, 3.8) is 0 Å². The second-order valence-corrected chi connectivity index (χ2v) is 8.28. The normalized spacial score (nSPS) is 15.0. The summed E-state index contributed by atoms with van der Waals surface area (Å²) in [7, 11) is 1.89. The van der Waals surface area contributed by atoms with E-state index < -0.39 is 0 Å². The first-order valence-electron chi connectivity index (χ1n) is 9.47. The molecule has 4 rings (SSSR count). The lowest BCUT2D eigenvalue weighted by Gasteiger charge is -2.25. The highest BCUT2D eigenvalue weighted by Crippen LogP contribution is 2.31. The van der Waals surface area contributed by atoms with E-state index in [1.165, 1.54) is 36.0 Å². The third-order valence-corrected chi connectivity index (χ3v) is 6.64. The highest BCUT2D eigenvalue weighted by Gasteiger charge is 2.23. The van der Waals surface area contributed by atoms with Crippen molar-refractivity contribution >= 4 is 17.2 Å². The van der Waals surface area contributed by atoms with Crippen LogP contribution in [0.25, 0.3) is 5.69 Å². The van der Waals surface area contributed by atoms with Crippen LogP contribution in [-0.2, 0) is 12.8 Å². The standard InChI is InChI=1S/C21H24N4OS/c1-15(16-8-10-18(11-9-16)25-14-22-13-23-25)24(2)21(26)20-12-17-6-4-3-5-7-19(17)27-20/h8-15H,3-7H2,1-2H3/t15-/m1/s1. The monoisotopic (exact) mass is 380 g/mol. The molecular weight excluding hydrogens is 356 g/mol. The predicted molar refractivity (Wildman–Crippen MR) is 107 cm³/mol. The lowest BCUT2D eigenvalue weighted by Crippen LogP contribution is -2.29. The molecule has 0 aliphatic heterocycles. The molecule has 1 aliphatic rings. The zero-order valence-electron chi connectivity index (χ0n) is 15.8. The highest BCUT2D eigenvalue weighted by atomic mass is 32.1. The first-order chi connectivity index (χ1) is 13.1. The molecule has 0 unspecified atom stereocenters. The van der Waals surface area contributed by atoms with Crippen LogP contribution in [-0.4, -0.2) is 32.6 Å². The number of rotatable bonds is 4. The van der Waals surface area contributed by atoms with Crippen molar-refractivity contribution in [2.75, 3.05) is 7.05 Å². The molecule has 1 aromatic carbocycles. The number of aryl methyl sites for hydroxylation is 2. The number of thiophene rings is 1. The largest absolute Gasteiger partial charge is 0.334 e. The Balaban J connectivity index is 1.50. The predicted octanol–water partition coefficient (Wildman–Crippen LogP) is 4.43.